The Morgan fingerprint density at radius 2 is 1.56 bits per heavy atom. The Balaban J connectivity index is 1.27. The minimum atomic E-state index is -3.65. The van der Waals surface area contributed by atoms with Gasteiger partial charge in [0.05, 0.1) is 16.7 Å². The normalized spacial score (nSPS) is 21.3. The second kappa shape index (κ2) is 10.8. The summed E-state index contributed by atoms with van der Waals surface area (Å²) in [7, 11) is -3.65. The topological polar surface area (TPSA) is 117 Å². The molecule has 2 fully saturated rings. The van der Waals surface area contributed by atoms with Crippen LogP contribution in [0.15, 0.2) is 52.0 Å². The molecule has 2 aliphatic rings. The number of hydrogen-bond donors (Lipinski definition) is 0. The van der Waals surface area contributed by atoms with Crippen LogP contribution in [0.1, 0.15) is 41.2 Å². The smallest absolute Gasteiger partial charge is 0.338 e. The largest absolute Gasteiger partial charge is 0.459 e. The molecule has 2 aromatic rings. The van der Waals surface area contributed by atoms with Gasteiger partial charge < -0.3 is 19.0 Å². The van der Waals surface area contributed by atoms with Crippen molar-refractivity contribution in [2.45, 2.75) is 25.2 Å². The summed E-state index contributed by atoms with van der Waals surface area (Å²) in [5.74, 6) is -0.472. The molecule has 194 valence electrons. The number of carbonyl (C=O) groups is 3. The third kappa shape index (κ3) is 5.79. The molecule has 36 heavy (non-hydrogen) atoms. The number of benzene rings is 1. The van der Waals surface area contributed by atoms with Gasteiger partial charge in [-0.2, -0.15) is 4.31 Å². The lowest BCUT2D eigenvalue weighted by Crippen LogP contribution is -2.51. The van der Waals surface area contributed by atoms with E-state index in [1.807, 2.05) is 13.8 Å². The maximum atomic E-state index is 13.0. The van der Waals surface area contributed by atoms with Crippen LogP contribution in [0.4, 0.5) is 0 Å². The Hall–Kier alpha value is -3.18. The van der Waals surface area contributed by atoms with E-state index in [-0.39, 0.29) is 39.9 Å². The number of ether oxygens (including phenoxy) is 1. The number of rotatable bonds is 6. The number of carbonyl (C=O) groups excluding carboxylic acids is 3. The highest BCUT2D eigenvalue weighted by atomic mass is 32.2. The Morgan fingerprint density at radius 3 is 2.14 bits per heavy atom. The first-order valence-electron chi connectivity index (χ1n) is 12.0. The molecule has 3 heterocycles. The lowest BCUT2D eigenvalue weighted by Gasteiger charge is -2.34. The van der Waals surface area contributed by atoms with Crippen LogP contribution in [0.3, 0.4) is 0 Å². The van der Waals surface area contributed by atoms with E-state index in [2.05, 4.69) is 0 Å². The lowest BCUT2D eigenvalue weighted by molar-refractivity contribution is -0.136. The van der Waals surface area contributed by atoms with Crippen molar-refractivity contribution in [3.8, 4) is 0 Å². The predicted octanol–water partition coefficient (Wildman–Crippen LogP) is 2.09. The Kier molecular flexibility index (Phi) is 7.79. The zero-order valence-electron chi connectivity index (χ0n) is 20.5. The fraction of sp³-hybridized carbons (Fsp3) is 0.480. The first-order chi connectivity index (χ1) is 17.1. The maximum absolute atomic E-state index is 13.0. The van der Waals surface area contributed by atoms with Gasteiger partial charge in [0.1, 0.15) is 0 Å². The van der Waals surface area contributed by atoms with E-state index in [1.165, 1.54) is 39.7 Å². The van der Waals surface area contributed by atoms with Crippen molar-refractivity contribution in [2.24, 2.45) is 11.8 Å². The zero-order valence-corrected chi connectivity index (χ0v) is 21.3. The van der Waals surface area contributed by atoms with Gasteiger partial charge in [-0.3, -0.25) is 9.59 Å². The molecule has 2 atom stereocenters. The third-order valence-electron chi connectivity index (χ3n) is 6.54. The molecule has 0 aliphatic carbocycles. The van der Waals surface area contributed by atoms with Crippen molar-refractivity contribution < 1.29 is 32.0 Å². The number of sulfonamides is 1. The minimum absolute atomic E-state index is 0.124. The maximum Gasteiger partial charge on any atom is 0.338 e. The SMILES string of the molecule is CC1CC(C)CN(S(=O)(=O)c2ccc(C(=O)OCC(=O)N3CCN(C(=O)c4ccco4)CC3)cc2)C1. The average molecular weight is 518 g/mol. The van der Waals surface area contributed by atoms with Crippen LogP contribution in [0.25, 0.3) is 0 Å². The quantitative estimate of drug-likeness (QED) is 0.539. The van der Waals surface area contributed by atoms with Gasteiger partial charge in [0, 0.05) is 39.3 Å². The van der Waals surface area contributed by atoms with E-state index in [0.29, 0.717) is 39.3 Å². The molecule has 10 nitrogen and oxygen atoms in total. The van der Waals surface area contributed by atoms with Crippen LogP contribution < -0.4 is 0 Å². The lowest BCUT2D eigenvalue weighted by atomic mass is 9.94. The van der Waals surface area contributed by atoms with E-state index in [0.717, 1.165) is 6.42 Å². The second-order valence-electron chi connectivity index (χ2n) is 9.52. The number of esters is 1. The van der Waals surface area contributed by atoms with Crippen LogP contribution in [0, 0.1) is 11.8 Å². The number of piperazine rings is 1. The summed E-state index contributed by atoms with van der Waals surface area (Å²) in [5, 5.41) is 0. The molecule has 11 heteroatoms. The predicted molar refractivity (Wildman–Crippen MR) is 130 cm³/mol. The highest BCUT2D eigenvalue weighted by Crippen LogP contribution is 2.26. The van der Waals surface area contributed by atoms with Crippen molar-refractivity contribution in [1.29, 1.82) is 0 Å². The summed E-state index contributed by atoms with van der Waals surface area (Å²) in [6, 6.07) is 8.82. The van der Waals surface area contributed by atoms with E-state index < -0.39 is 22.6 Å². The van der Waals surface area contributed by atoms with Gasteiger partial charge in [0.2, 0.25) is 10.0 Å². The fourth-order valence-electron chi connectivity index (χ4n) is 4.73. The molecule has 0 N–H and O–H groups in total. The van der Waals surface area contributed by atoms with Gasteiger partial charge in [-0.05, 0) is 54.7 Å². The van der Waals surface area contributed by atoms with E-state index in [4.69, 9.17) is 9.15 Å². The van der Waals surface area contributed by atoms with Gasteiger partial charge in [0.15, 0.2) is 12.4 Å². The molecule has 2 amide bonds. The van der Waals surface area contributed by atoms with Crippen molar-refractivity contribution in [3.63, 3.8) is 0 Å². The number of piperidine rings is 1. The summed E-state index contributed by atoms with van der Waals surface area (Å²) >= 11 is 0. The minimum Gasteiger partial charge on any atom is -0.459 e. The second-order valence-corrected chi connectivity index (χ2v) is 11.5. The van der Waals surface area contributed by atoms with Gasteiger partial charge in [0.25, 0.3) is 11.8 Å². The third-order valence-corrected chi connectivity index (χ3v) is 8.39. The van der Waals surface area contributed by atoms with E-state index in [1.54, 1.807) is 17.0 Å². The molecule has 2 saturated heterocycles. The molecule has 2 unspecified atom stereocenters. The van der Waals surface area contributed by atoms with E-state index >= 15 is 0 Å². The number of furan rings is 1. The van der Waals surface area contributed by atoms with Crippen molar-refractivity contribution in [1.82, 2.24) is 14.1 Å². The summed E-state index contributed by atoms with van der Waals surface area (Å²) < 4.78 is 37.8. The number of amides is 2. The van der Waals surface area contributed by atoms with Crippen molar-refractivity contribution in [2.75, 3.05) is 45.9 Å². The molecular weight excluding hydrogens is 486 g/mol. The van der Waals surface area contributed by atoms with Crippen LogP contribution in [0.5, 0.6) is 0 Å². The summed E-state index contributed by atoms with van der Waals surface area (Å²) in [5.41, 5.74) is 0.163. The molecule has 0 radical (unpaired) electrons. The molecule has 0 saturated carbocycles. The molecule has 2 aliphatic heterocycles. The highest BCUT2D eigenvalue weighted by molar-refractivity contribution is 7.89. The van der Waals surface area contributed by atoms with Gasteiger partial charge in [-0.15, -0.1) is 0 Å². The van der Waals surface area contributed by atoms with Crippen LogP contribution >= 0.6 is 0 Å². The monoisotopic (exact) mass is 517 g/mol. The summed E-state index contributed by atoms with van der Waals surface area (Å²) in [4.78, 5) is 40.5. The fourth-order valence-corrected chi connectivity index (χ4v) is 6.41. The first kappa shape index (κ1) is 25.9. The molecule has 0 bridgehead atoms. The molecule has 1 aromatic heterocycles. The molecule has 4 rings (SSSR count). The van der Waals surface area contributed by atoms with Crippen LogP contribution in [-0.2, 0) is 19.6 Å². The van der Waals surface area contributed by atoms with Crippen molar-refractivity contribution >= 4 is 27.8 Å². The van der Waals surface area contributed by atoms with Gasteiger partial charge in [-0.1, -0.05) is 13.8 Å². The number of nitrogens with zero attached hydrogens (tertiary/aromatic N) is 3. The van der Waals surface area contributed by atoms with Crippen LogP contribution in [0.2, 0.25) is 0 Å². The zero-order chi connectivity index (χ0) is 25.9. The average Bonchev–Trinajstić information content (AvgIpc) is 3.41. The Bertz CT molecular complexity index is 1180. The Labute approximate surface area is 210 Å². The van der Waals surface area contributed by atoms with Gasteiger partial charge >= 0.3 is 5.97 Å². The first-order valence-corrected chi connectivity index (χ1v) is 13.5. The van der Waals surface area contributed by atoms with E-state index in [9.17, 15) is 22.8 Å². The molecular formula is C25H31N3O7S. The van der Waals surface area contributed by atoms with Gasteiger partial charge in [-0.25, -0.2) is 13.2 Å². The van der Waals surface area contributed by atoms with Crippen LogP contribution in [-0.4, -0.2) is 86.2 Å². The highest BCUT2D eigenvalue weighted by Gasteiger charge is 2.32. The summed E-state index contributed by atoms with van der Waals surface area (Å²) in [6.45, 7) is 5.94. The molecule has 1 aromatic carbocycles. The Morgan fingerprint density at radius 1 is 0.944 bits per heavy atom. The molecule has 0 spiro atoms. The number of hydrogen-bond acceptors (Lipinski definition) is 7. The van der Waals surface area contributed by atoms with Crippen molar-refractivity contribution in [3.05, 3.63) is 54.0 Å². The standard InChI is InChI=1S/C25H31N3O7S/c1-18-14-19(2)16-28(15-18)36(32,33)21-7-5-20(6-8-21)25(31)35-17-23(29)26-9-11-27(12-10-26)24(30)22-4-3-13-34-22/h3-8,13,18-19H,9-12,14-17H2,1-2H3. The summed E-state index contributed by atoms with van der Waals surface area (Å²) in [6.07, 6.45) is 2.43.